The molecule has 0 saturated heterocycles. The number of nitrogens with two attached hydrogens (primary N) is 1. The molecule has 0 heterocycles. The highest BCUT2D eigenvalue weighted by molar-refractivity contribution is 7.91. The van der Waals surface area contributed by atoms with E-state index < -0.39 is 92.6 Å². The number of ketones is 2. The minimum absolute atomic E-state index is 0.0455. The van der Waals surface area contributed by atoms with Gasteiger partial charge in [0.05, 0.1) is 23.6 Å². The molecular weight excluding hydrogens is 504 g/mol. The van der Waals surface area contributed by atoms with E-state index in [1.807, 2.05) is 6.92 Å². The van der Waals surface area contributed by atoms with Crippen LogP contribution in [0.2, 0.25) is 0 Å². The highest BCUT2D eigenvalue weighted by Crippen LogP contribution is 2.55. The molecule has 12 heteroatoms. The molecule has 200 valence electrons. The molecule has 0 aromatic heterocycles. The van der Waals surface area contributed by atoms with Gasteiger partial charge in [-0.1, -0.05) is 30.2 Å². The Bertz CT molecular complexity index is 1240. The fraction of sp³-hybridized carbons (Fsp3) is 0.480. The van der Waals surface area contributed by atoms with Crippen LogP contribution in [0.5, 0.6) is 5.75 Å². The lowest BCUT2D eigenvalue weighted by Gasteiger charge is -2.53. The number of phenolic OH excluding ortho intramolecular Hbond substituents is 1. The number of carbonyl (C=O) groups excluding carboxylic acids is 3. The topological polar surface area (TPSA) is 205 Å². The highest BCUT2D eigenvalue weighted by atomic mass is 32.2. The maximum atomic E-state index is 13.7. The van der Waals surface area contributed by atoms with Crippen molar-refractivity contribution in [1.29, 1.82) is 0 Å². The van der Waals surface area contributed by atoms with E-state index in [1.54, 1.807) is 6.07 Å². The third-order valence-electron chi connectivity index (χ3n) is 7.60. The molecular formula is C25H30N2O9S. The monoisotopic (exact) mass is 534 g/mol. The van der Waals surface area contributed by atoms with E-state index in [4.69, 9.17) is 5.73 Å². The molecule has 11 nitrogen and oxygen atoms in total. The van der Waals surface area contributed by atoms with Gasteiger partial charge in [0, 0.05) is 17.4 Å². The normalized spacial score (nSPS) is 32.2. The van der Waals surface area contributed by atoms with Crippen molar-refractivity contribution in [2.75, 3.05) is 25.6 Å². The first-order valence-electron chi connectivity index (χ1n) is 11.8. The SMILES string of the molecule is CCC[S+]([O-])C[C@@H]1c2cccc(O)c2C(=O)C2=C(O)[C@]3(O)C(=O)C(C(N)=O)=C(O)[C@@H](N(C)C)[C@@H]3[C@@H](O)[C@@H]21. The molecule has 0 spiro atoms. The third-order valence-corrected chi connectivity index (χ3v) is 9.19. The van der Waals surface area contributed by atoms with Gasteiger partial charge in [-0.05, 0) is 32.1 Å². The molecule has 37 heavy (non-hydrogen) atoms. The first kappa shape index (κ1) is 27.1. The molecule has 4 rings (SSSR count). The molecule has 7 N–H and O–H groups in total. The average Bonchev–Trinajstić information content (AvgIpc) is 2.80. The Morgan fingerprint density at radius 1 is 1.22 bits per heavy atom. The molecule has 0 bridgehead atoms. The van der Waals surface area contributed by atoms with Crippen molar-refractivity contribution in [3.63, 3.8) is 0 Å². The zero-order chi connectivity index (χ0) is 27.6. The minimum atomic E-state index is -2.98. The Balaban J connectivity index is 2.04. The second-order valence-electron chi connectivity index (χ2n) is 9.92. The molecule has 1 amide bonds. The first-order valence-corrected chi connectivity index (χ1v) is 13.3. The number of benzene rings is 1. The molecule has 1 aromatic carbocycles. The number of rotatable bonds is 6. The number of aliphatic hydroxyl groups is 4. The summed E-state index contributed by atoms with van der Waals surface area (Å²) in [6.45, 7) is 1.84. The predicted molar refractivity (Wildman–Crippen MR) is 132 cm³/mol. The summed E-state index contributed by atoms with van der Waals surface area (Å²) in [7, 11) is 2.93. The number of Topliss-reactive ketones (excluding diaryl/α,β-unsaturated/α-hetero) is 2. The second-order valence-corrected chi connectivity index (χ2v) is 11.5. The molecule has 0 aliphatic heterocycles. The van der Waals surface area contributed by atoms with Gasteiger partial charge in [-0.2, -0.15) is 0 Å². The fourth-order valence-electron chi connectivity index (χ4n) is 6.11. The molecule has 3 aliphatic rings. The fourth-order valence-corrected chi connectivity index (χ4v) is 7.52. The van der Waals surface area contributed by atoms with Crippen LogP contribution < -0.4 is 5.73 Å². The van der Waals surface area contributed by atoms with Gasteiger partial charge in [-0.15, -0.1) is 0 Å². The van der Waals surface area contributed by atoms with Crippen molar-refractivity contribution in [2.45, 2.75) is 37.0 Å². The van der Waals surface area contributed by atoms with E-state index in [2.05, 4.69) is 0 Å². The summed E-state index contributed by atoms with van der Waals surface area (Å²) in [5.74, 6) is -9.48. The molecule has 0 fully saturated rings. The number of amides is 1. The van der Waals surface area contributed by atoms with Crippen LogP contribution in [0.3, 0.4) is 0 Å². The van der Waals surface area contributed by atoms with E-state index in [1.165, 1.54) is 31.1 Å². The van der Waals surface area contributed by atoms with Gasteiger partial charge in [0.2, 0.25) is 5.78 Å². The van der Waals surface area contributed by atoms with Gasteiger partial charge in [0.1, 0.15) is 34.3 Å². The summed E-state index contributed by atoms with van der Waals surface area (Å²) in [5.41, 5.74) is 0.965. The summed E-state index contributed by atoms with van der Waals surface area (Å²) < 4.78 is 12.9. The van der Waals surface area contributed by atoms with Crippen LogP contribution in [-0.2, 0) is 20.8 Å². The van der Waals surface area contributed by atoms with Gasteiger partial charge in [-0.3, -0.25) is 19.3 Å². The Morgan fingerprint density at radius 3 is 2.43 bits per heavy atom. The number of phenols is 1. The number of fused-ring (bicyclic) bond motifs is 3. The summed E-state index contributed by atoms with van der Waals surface area (Å²) in [4.78, 5) is 40.5. The van der Waals surface area contributed by atoms with Crippen molar-refractivity contribution in [3.05, 3.63) is 52.0 Å². The van der Waals surface area contributed by atoms with Crippen molar-refractivity contribution >= 4 is 28.6 Å². The van der Waals surface area contributed by atoms with Gasteiger partial charge in [-0.25, -0.2) is 0 Å². The maximum Gasteiger partial charge on any atom is 0.255 e. The lowest BCUT2D eigenvalue weighted by Crippen LogP contribution is -2.68. The molecule has 1 aromatic rings. The Labute approximate surface area is 216 Å². The van der Waals surface area contributed by atoms with Crippen LogP contribution in [0.1, 0.15) is 35.2 Å². The van der Waals surface area contributed by atoms with Crippen LogP contribution in [0.15, 0.2) is 40.9 Å². The first-order chi connectivity index (χ1) is 17.3. The minimum Gasteiger partial charge on any atom is -0.616 e. The van der Waals surface area contributed by atoms with Crippen molar-refractivity contribution in [1.82, 2.24) is 4.90 Å². The Morgan fingerprint density at radius 2 is 1.86 bits per heavy atom. The lowest BCUT2D eigenvalue weighted by molar-refractivity contribution is -0.162. The van der Waals surface area contributed by atoms with Crippen molar-refractivity contribution in [2.24, 2.45) is 17.6 Å². The van der Waals surface area contributed by atoms with Gasteiger partial charge in [0.15, 0.2) is 11.4 Å². The van der Waals surface area contributed by atoms with E-state index in [-0.39, 0.29) is 11.3 Å². The number of hydrogen-bond donors (Lipinski definition) is 6. The summed E-state index contributed by atoms with van der Waals surface area (Å²) in [5, 5.41) is 56.3. The predicted octanol–water partition coefficient (Wildman–Crippen LogP) is -0.209. The number of primary amides is 1. The number of nitrogens with zero attached hydrogens (tertiary/aromatic N) is 1. The largest absolute Gasteiger partial charge is 0.616 e. The second kappa shape index (κ2) is 9.44. The smallest absolute Gasteiger partial charge is 0.255 e. The van der Waals surface area contributed by atoms with Gasteiger partial charge >= 0.3 is 0 Å². The Kier molecular flexibility index (Phi) is 6.93. The molecule has 3 aliphatic carbocycles. The quantitative estimate of drug-likeness (QED) is 0.209. The highest BCUT2D eigenvalue weighted by Gasteiger charge is 2.67. The van der Waals surface area contributed by atoms with E-state index >= 15 is 0 Å². The Hall–Kier alpha value is -2.90. The molecule has 1 unspecified atom stereocenters. The zero-order valence-electron chi connectivity index (χ0n) is 20.5. The van der Waals surface area contributed by atoms with E-state index in [9.17, 15) is 44.5 Å². The number of likely N-dealkylation sites (N-methyl/N-ethyl adjacent to an activating group) is 1. The summed E-state index contributed by atoms with van der Waals surface area (Å²) in [6, 6.07) is 2.95. The van der Waals surface area contributed by atoms with Crippen LogP contribution in [0.4, 0.5) is 0 Å². The van der Waals surface area contributed by atoms with E-state index in [0.717, 1.165) is 0 Å². The van der Waals surface area contributed by atoms with Crippen LogP contribution in [-0.4, -0.2) is 95.8 Å². The molecule has 0 radical (unpaired) electrons. The van der Waals surface area contributed by atoms with Gasteiger partial charge < -0.3 is 35.8 Å². The van der Waals surface area contributed by atoms with Crippen LogP contribution in [0, 0.1) is 11.8 Å². The number of aromatic hydroxyl groups is 1. The van der Waals surface area contributed by atoms with Crippen LogP contribution >= 0.6 is 0 Å². The lowest BCUT2D eigenvalue weighted by atomic mass is 9.55. The average molecular weight is 535 g/mol. The third kappa shape index (κ3) is 3.77. The summed E-state index contributed by atoms with van der Waals surface area (Å²) >= 11 is -1.42. The molecule has 7 atom stereocenters. The molecule has 0 saturated carbocycles. The number of hydrogen-bond acceptors (Lipinski definition) is 10. The number of aliphatic hydroxyl groups excluding tert-OH is 3. The zero-order valence-corrected chi connectivity index (χ0v) is 21.4. The maximum absolute atomic E-state index is 13.7. The van der Waals surface area contributed by atoms with E-state index in [0.29, 0.717) is 17.7 Å². The van der Waals surface area contributed by atoms with Crippen LogP contribution in [0.25, 0.3) is 0 Å². The van der Waals surface area contributed by atoms with Crippen molar-refractivity contribution in [3.8, 4) is 5.75 Å². The number of carbonyl (C=O) groups is 3. The van der Waals surface area contributed by atoms with Gasteiger partial charge in [0.25, 0.3) is 5.91 Å². The summed E-state index contributed by atoms with van der Waals surface area (Å²) in [6.07, 6.45) is -1.13. The standard InChI is InChI=1S/C25H30N2O9S/c1-4-8-37(36)9-11-10-6-5-7-12(28)13(10)19(29)15-14(11)20(30)17-18(27(2)3)21(31)16(24(26)34)23(33)25(17,35)22(15)32/h5-7,11,14,17-18,20,28,30-32,35H,4,8-9H2,1-3H3,(H2,26,34)/t11-,14-,17-,18+,20+,25+,37?/m1/s1. The van der Waals surface area contributed by atoms with Crippen molar-refractivity contribution < 1.29 is 44.5 Å².